The molecule has 4 N–H and O–H groups in total. The predicted molar refractivity (Wildman–Crippen MR) is 236 cm³/mol. The van der Waals surface area contributed by atoms with Crippen LogP contribution in [-0.2, 0) is 15.9 Å². The lowest BCUT2D eigenvalue weighted by molar-refractivity contribution is 0.167. The zero-order chi connectivity index (χ0) is 42.7. The maximum atomic E-state index is 12.2. The summed E-state index contributed by atoms with van der Waals surface area (Å²) >= 11 is 0. The first-order valence-electron chi connectivity index (χ1n) is 20.7. The third-order valence-corrected chi connectivity index (χ3v) is 10.7. The molecular weight excluding hydrogens is 781 g/mol. The number of rotatable bonds is 11. The lowest BCUT2D eigenvalue weighted by atomic mass is 10.1. The number of aromatic amines is 1. The van der Waals surface area contributed by atoms with Crippen LogP contribution in [0.15, 0.2) is 91.4 Å². The molecule has 0 saturated carbocycles. The van der Waals surface area contributed by atoms with Crippen LogP contribution in [0.5, 0.6) is 0 Å². The fraction of sp³-hybridized carbons (Fsp3) is 0.356. The Labute approximate surface area is 352 Å². The van der Waals surface area contributed by atoms with Gasteiger partial charge >= 0.3 is 23.4 Å². The van der Waals surface area contributed by atoms with Gasteiger partial charge in [-0.1, -0.05) is 0 Å². The number of hydrogen-bond acceptors (Lipinski definition) is 13. The summed E-state index contributed by atoms with van der Waals surface area (Å²) in [6, 6.07) is 22.7. The van der Waals surface area contributed by atoms with E-state index in [0.29, 0.717) is 16.7 Å². The Morgan fingerprint density at radius 3 is 1.87 bits per heavy atom. The zero-order valence-corrected chi connectivity index (χ0v) is 34.4. The monoisotopic (exact) mass is 830 g/mol. The number of nitrogens with zero attached hydrogens (tertiary/aromatic N) is 4. The van der Waals surface area contributed by atoms with Crippen molar-refractivity contribution in [3.63, 3.8) is 0 Å². The summed E-state index contributed by atoms with van der Waals surface area (Å²) in [6.45, 7) is 12.4. The number of ether oxygens (including phenoxy) is 2. The first kappa shape index (κ1) is 42.3. The molecule has 0 bridgehead atoms. The van der Waals surface area contributed by atoms with Gasteiger partial charge in [-0.05, 0) is 112 Å². The van der Waals surface area contributed by atoms with Crippen molar-refractivity contribution in [2.24, 2.45) is 0 Å². The minimum Gasteiger partial charge on any atom is -0.450 e. The van der Waals surface area contributed by atoms with Gasteiger partial charge in [-0.15, -0.1) is 0 Å². The molecule has 2 fully saturated rings. The summed E-state index contributed by atoms with van der Waals surface area (Å²) in [5, 5.41) is 20.0. The molecule has 2 saturated heterocycles. The molecule has 2 aliphatic rings. The quantitative estimate of drug-likeness (QED) is 0.0803. The fourth-order valence-corrected chi connectivity index (χ4v) is 7.60. The van der Waals surface area contributed by atoms with E-state index in [9.17, 15) is 24.4 Å². The maximum Gasteiger partial charge on any atom is 0.411 e. The summed E-state index contributed by atoms with van der Waals surface area (Å²) in [4.78, 5) is 57.7. The van der Waals surface area contributed by atoms with Crippen molar-refractivity contribution < 1.29 is 27.9 Å². The standard InChI is InChI=1S/C29H31N5O4.C16H19N3O4/c1-2-37-29(36)32-26-17-22-16-23(7-9-27(22)38-28(26)35)34-13-11-33(12-14-34)10-4-3-5-21-19-31-25-8-6-20(18-30)15-24(21)25;1-2-22-16(21)18-13-10-11-9-12(19-7-5-17-6-8-19)3-4-14(11)23-15(13)20/h6-9,15-17,19,31H,2-5,10-14H2,1H3,(H,32,36);3-4,9-10,17H,2,5-8H2,1H3,(H,18,21). The lowest BCUT2D eigenvalue weighted by Gasteiger charge is -2.36. The molecule has 61 heavy (non-hydrogen) atoms. The number of carbonyl (C=O) groups excluding carboxylic acids is 2. The highest BCUT2D eigenvalue weighted by molar-refractivity contribution is 5.90. The average Bonchev–Trinajstić information content (AvgIpc) is 3.68. The van der Waals surface area contributed by atoms with Crippen LogP contribution in [0.4, 0.5) is 32.3 Å². The second-order valence-electron chi connectivity index (χ2n) is 14.7. The zero-order valence-electron chi connectivity index (χ0n) is 34.4. The smallest absolute Gasteiger partial charge is 0.411 e. The number of carbonyl (C=O) groups is 2. The highest BCUT2D eigenvalue weighted by atomic mass is 16.6. The second-order valence-corrected chi connectivity index (χ2v) is 14.7. The molecule has 318 valence electrons. The van der Waals surface area contributed by atoms with Crippen LogP contribution in [0.25, 0.3) is 32.8 Å². The molecule has 0 unspecified atom stereocenters. The number of hydrogen-bond donors (Lipinski definition) is 4. The Kier molecular flexibility index (Phi) is 13.8. The largest absolute Gasteiger partial charge is 0.450 e. The molecule has 0 radical (unpaired) electrons. The van der Waals surface area contributed by atoms with E-state index in [1.54, 1.807) is 38.1 Å². The van der Waals surface area contributed by atoms with Gasteiger partial charge in [0, 0.05) is 91.6 Å². The van der Waals surface area contributed by atoms with Crippen molar-refractivity contribution >= 4 is 67.8 Å². The third-order valence-electron chi connectivity index (χ3n) is 10.7. The van der Waals surface area contributed by atoms with Crippen LogP contribution < -0.4 is 37.0 Å². The second kappa shape index (κ2) is 19.9. The van der Waals surface area contributed by atoms with E-state index in [4.69, 9.17) is 18.3 Å². The van der Waals surface area contributed by atoms with Crippen LogP contribution in [0.1, 0.15) is 37.8 Å². The topological polar surface area (TPSA) is 198 Å². The van der Waals surface area contributed by atoms with Crippen LogP contribution in [0.3, 0.4) is 0 Å². The van der Waals surface area contributed by atoms with Crippen molar-refractivity contribution in [2.75, 3.05) is 92.5 Å². The number of aromatic nitrogens is 1. The minimum atomic E-state index is -0.680. The SMILES string of the molecule is CCOC(=O)Nc1cc2cc(N3CCN(CCCCc4c[nH]c5ccc(C#N)cc45)CC3)ccc2oc1=O.CCOC(=O)Nc1cc2cc(N3CCNCC3)ccc2oc1=O. The minimum absolute atomic E-state index is 0.0658. The van der Waals surface area contributed by atoms with Crippen molar-refractivity contribution in [2.45, 2.75) is 33.1 Å². The predicted octanol–water partition coefficient (Wildman–Crippen LogP) is 6.63. The van der Waals surface area contributed by atoms with E-state index in [0.717, 1.165) is 111 Å². The molecule has 0 spiro atoms. The van der Waals surface area contributed by atoms with E-state index in [1.807, 2.05) is 42.5 Å². The highest BCUT2D eigenvalue weighted by Crippen LogP contribution is 2.26. The van der Waals surface area contributed by atoms with E-state index >= 15 is 0 Å². The van der Waals surface area contributed by atoms with Gasteiger partial charge in [0.05, 0.1) is 24.8 Å². The maximum absolute atomic E-state index is 12.2. The number of aryl methyl sites for hydroxylation is 1. The fourth-order valence-electron chi connectivity index (χ4n) is 7.60. The van der Waals surface area contributed by atoms with Gasteiger partial charge < -0.3 is 38.4 Å². The Morgan fingerprint density at radius 2 is 1.31 bits per heavy atom. The number of amides is 2. The van der Waals surface area contributed by atoms with Crippen LogP contribution >= 0.6 is 0 Å². The van der Waals surface area contributed by atoms with Gasteiger partial charge in [0.2, 0.25) is 0 Å². The van der Waals surface area contributed by atoms with Gasteiger partial charge in [0.1, 0.15) is 22.5 Å². The van der Waals surface area contributed by atoms with Gasteiger partial charge in [-0.3, -0.25) is 15.5 Å². The van der Waals surface area contributed by atoms with Gasteiger partial charge in [0.25, 0.3) is 0 Å². The molecule has 0 aliphatic carbocycles. The summed E-state index contributed by atoms with van der Waals surface area (Å²) in [5.74, 6) is 0. The molecule has 6 aromatic rings. The number of nitrogens with one attached hydrogen (secondary N) is 4. The Morgan fingerprint density at radius 1 is 0.738 bits per heavy atom. The van der Waals surface area contributed by atoms with Crippen molar-refractivity contribution in [1.82, 2.24) is 15.2 Å². The first-order chi connectivity index (χ1) is 29.7. The van der Waals surface area contributed by atoms with Crippen molar-refractivity contribution in [3.05, 3.63) is 105 Å². The van der Waals surface area contributed by atoms with Gasteiger partial charge in [0.15, 0.2) is 0 Å². The molecule has 16 heteroatoms. The summed E-state index contributed by atoms with van der Waals surface area (Å²) in [6.07, 6.45) is 3.93. The molecule has 3 aromatic carbocycles. The van der Waals surface area contributed by atoms with Crippen LogP contribution in [0, 0.1) is 11.3 Å². The Balaban J connectivity index is 0.000000208. The molecule has 2 amide bonds. The van der Waals surface area contributed by atoms with Crippen molar-refractivity contribution in [1.29, 1.82) is 5.26 Å². The van der Waals surface area contributed by atoms with Crippen LogP contribution in [-0.4, -0.2) is 94.2 Å². The van der Waals surface area contributed by atoms with Crippen molar-refractivity contribution in [3.8, 4) is 6.07 Å². The highest BCUT2D eigenvalue weighted by Gasteiger charge is 2.19. The van der Waals surface area contributed by atoms with E-state index in [-0.39, 0.29) is 24.6 Å². The van der Waals surface area contributed by atoms with E-state index in [2.05, 4.69) is 47.9 Å². The van der Waals surface area contributed by atoms with E-state index in [1.165, 1.54) is 5.56 Å². The third kappa shape index (κ3) is 10.7. The van der Waals surface area contributed by atoms with Gasteiger partial charge in [-0.25, -0.2) is 19.2 Å². The number of piperazine rings is 2. The Bertz CT molecular complexity index is 2650. The first-order valence-corrected chi connectivity index (χ1v) is 20.7. The number of fused-ring (bicyclic) bond motifs is 3. The number of benzene rings is 3. The normalized spacial score (nSPS) is 14.3. The number of anilines is 4. The number of H-pyrrole nitrogens is 1. The Hall–Kier alpha value is -6.83. The van der Waals surface area contributed by atoms with E-state index < -0.39 is 23.4 Å². The molecule has 0 atom stereocenters. The number of unbranched alkanes of at least 4 members (excludes halogenated alkanes) is 1. The summed E-state index contributed by atoms with van der Waals surface area (Å²) in [7, 11) is 0. The molecular formula is C45H50N8O8. The number of nitriles is 1. The molecule has 3 aromatic heterocycles. The summed E-state index contributed by atoms with van der Waals surface area (Å²) in [5.41, 5.74) is 5.08. The van der Waals surface area contributed by atoms with Crippen LogP contribution in [0.2, 0.25) is 0 Å². The molecule has 5 heterocycles. The molecule has 16 nitrogen and oxygen atoms in total. The molecule has 8 rings (SSSR count). The summed E-state index contributed by atoms with van der Waals surface area (Å²) < 4.78 is 20.3. The lowest BCUT2D eigenvalue weighted by Crippen LogP contribution is -2.46. The average molecular weight is 831 g/mol. The molecule has 2 aliphatic heterocycles. The van der Waals surface area contributed by atoms with Gasteiger partial charge in [-0.2, -0.15) is 5.26 Å².